The number of H-pyrrole nitrogens is 2. The van der Waals surface area contributed by atoms with Gasteiger partial charge in [0.15, 0.2) is 4.77 Å². The van der Waals surface area contributed by atoms with Gasteiger partial charge in [0.1, 0.15) is 0 Å². The molecule has 1 aromatic rings. The van der Waals surface area contributed by atoms with Gasteiger partial charge >= 0.3 is 5.97 Å². The number of aromatic amines is 2. The van der Waals surface area contributed by atoms with Crippen molar-refractivity contribution >= 4 is 18.2 Å². The number of carboxylic acids is 1. The normalized spacial score (nSPS) is 10.0. The van der Waals surface area contributed by atoms with Gasteiger partial charge in [-0.25, -0.2) is 0 Å². The molecular formula is C7H9N3O3S. The second kappa shape index (κ2) is 4.68. The number of aromatic nitrogens is 2. The van der Waals surface area contributed by atoms with Gasteiger partial charge in [-0.3, -0.25) is 14.6 Å². The quantitative estimate of drug-likeness (QED) is 0.513. The van der Waals surface area contributed by atoms with Crippen molar-refractivity contribution in [2.24, 2.45) is 0 Å². The second-order valence-corrected chi connectivity index (χ2v) is 3.00. The highest BCUT2D eigenvalue weighted by molar-refractivity contribution is 7.71. The Bertz CT molecular complexity index is 436. The van der Waals surface area contributed by atoms with Crippen molar-refractivity contribution in [3.05, 3.63) is 26.9 Å². The summed E-state index contributed by atoms with van der Waals surface area (Å²) in [6.45, 7) is 0.00279. The Morgan fingerprint density at radius 1 is 1.64 bits per heavy atom. The molecule has 0 aliphatic rings. The number of rotatable bonds is 4. The Hall–Kier alpha value is -1.47. The van der Waals surface area contributed by atoms with Gasteiger partial charge in [-0.1, -0.05) is 0 Å². The molecule has 0 aliphatic carbocycles. The summed E-state index contributed by atoms with van der Waals surface area (Å²) in [5.74, 6) is -0.967. The molecule has 1 aromatic heterocycles. The number of carboxylic acid groups (broad SMARTS) is 1. The number of carbonyl (C=O) groups is 1. The van der Waals surface area contributed by atoms with Crippen LogP contribution in [0.25, 0.3) is 0 Å². The van der Waals surface area contributed by atoms with E-state index in [9.17, 15) is 9.59 Å². The molecule has 0 saturated heterocycles. The van der Waals surface area contributed by atoms with E-state index >= 15 is 0 Å². The van der Waals surface area contributed by atoms with Crippen molar-refractivity contribution in [3.8, 4) is 0 Å². The number of hydrogen-bond acceptors (Lipinski definition) is 4. The van der Waals surface area contributed by atoms with Crippen LogP contribution in [0.15, 0.2) is 11.0 Å². The first-order chi connectivity index (χ1) is 6.59. The van der Waals surface area contributed by atoms with E-state index in [1.54, 1.807) is 0 Å². The Kier molecular flexibility index (Phi) is 3.55. The first-order valence-corrected chi connectivity index (χ1v) is 4.24. The lowest BCUT2D eigenvalue weighted by atomic mass is 10.3. The minimum atomic E-state index is -0.967. The monoisotopic (exact) mass is 215 g/mol. The van der Waals surface area contributed by atoms with E-state index in [0.717, 1.165) is 0 Å². The highest BCUT2D eigenvalue weighted by atomic mass is 32.1. The number of aliphatic carboxylic acids is 1. The molecule has 1 rings (SSSR count). The summed E-state index contributed by atoms with van der Waals surface area (Å²) in [4.78, 5) is 26.4. The summed E-state index contributed by atoms with van der Waals surface area (Å²) in [6.07, 6.45) is 1.45. The van der Waals surface area contributed by atoms with Crippen LogP contribution in [0.5, 0.6) is 0 Å². The van der Waals surface area contributed by atoms with Crippen molar-refractivity contribution < 1.29 is 9.90 Å². The van der Waals surface area contributed by atoms with E-state index in [1.807, 2.05) is 0 Å². The molecule has 76 valence electrons. The van der Waals surface area contributed by atoms with Crippen LogP contribution >= 0.6 is 12.2 Å². The largest absolute Gasteiger partial charge is 0.480 e. The van der Waals surface area contributed by atoms with Crippen molar-refractivity contribution in [1.82, 2.24) is 15.3 Å². The van der Waals surface area contributed by atoms with Crippen LogP contribution in [-0.2, 0) is 11.3 Å². The zero-order valence-electron chi connectivity index (χ0n) is 7.16. The fourth-order valence-electron chi connectivity index (χ4n) is 0.873. The maximum absolute atomic E-state index is 11.2. The highest BCUT2D eigenvalue weighted by Gasteiger charge is 2.00. The van der Waals surface area contributed by atoms with Gasteiger partial charge in [0, 0.05) is 18.3 Å². The molecule has 6 nitrogen and oxygen atoms in total. The molecule has 0 unspecified atom stereocenters. The number of nitrogens with one attached hydrogen (secondary N) is 3. The molecule has 0 spiro atoms. The van der Waals surface area contributed by atoms with Crippen molar-refractivity contribution in [3.63, 3.8) is 0 Å². The Balaban J connectivity index is 2.64. The van der Waals surface area contributed by atoms with Gasteiger partial charge in [0.2, 0.25) is 0 Å². The van der Waals surface area contributed by atoms with Gasteiger partial charge in [0.05, 0.1) is 6.54 Å². The van der Waals surface area contributed by atoms with Gasteiger partial charge in [-0.05, 0) is 12.2 Å². The molecule has 0 amide bonds. The van der Waals surface area contributed by atoms with Gasteiger partial charge in [-0.15, -0.1) is 0 Å². The van der Waals surface area contributed by atoms with Crippen LogP contribution < -0.4 is 10.9 Å². The summed E-state index contributed by atoms with van der Waals surface area (Å²) < 4.78 is 0.247. The summed E-state index contributed by atoms with van der Waals surface area (Å²) in [5.41, 5.74) is 0.103. The van der Waals surface area contributed by atoms with E-state index in [0.29, 0.717) is 5.56 Å². The lowest BCUT2D eigenvalue weighted by Crippen LogP contribution is -2.26. The van der Waals surface area contributed by atoms with Crippen molar-refractivity contribution in [2.45, 2.75) is 6.54 Å². The Morgan fingerprint density at radius 2 is 2.36 bits per heavy atom. The highest BCUT2D eigenvalue weighted by Crippen LogP contribution is 1.85. The predicted molar refractivity (Wildman–Crippen MR) is 51.6 cm³/mol. The van der Waals surface area contributed by atoms with E-state index in [1.165, 1.54) is 6.20 Å². The van der Waals surface area contributed by atoms with E-state index in [4.69, 9.17) is 5.11 Å². The van der Waals surface area contributed by atoms with Gasteiger partial charge < -0.3 is 15.4 Å². The molecule has 0 fully saturated rings. The summed E-state index contributed by atoms with van der Waals surface area (Å²) >= 11 is 4.69. The molecule has 1 heterocycles. The molecule has 0 bridgehead atoms. The Labute approximate surface area is 84.0 Å². The predicted octanol–water partition coefficient (Wildman–Crippen LogP) is -0.393. The average molecular weight is 215 g/mol. The van der Waals surface area contributed by atoms with E-state index in [2.05, 4.69) is 27.5 Å². The lowest BCUT2D eigenvalue weighted by molar-refractivity contribution is -0.135. The van der Waals surface area contributed by atoms with Crippen LogP contribution in [-0.4, -0.2) is 27.6 Å². The van der Waals surface area contributed by atoms with E-state index < -0.39 is 5.97 Å². The second-order valence-electron chi connectivity index (χ2n) is 2.59. The SMILES string of the molecule is O=C(O)CNCc1c[nH]c(=S)[nH]c1=O. The molecule has 7 heteroatoms. The third kappa shape index (κ3) is 3.11. The van der Waals surface area contributed by atoms with Crippen LogP contribution in [0.2, 0.25) is 0 Å². The Morgan fingerprint density at radius 3 is 2.93 bits per heavy atom. The first-order valence-electron chi connectivity index (χ1n) is 3.83. The zero-order chi connectivity index (χ0) is 10.6. The summed E-state index contributed by atoms with van der Waals surface area (Å²) in [5, 5.41) is 10.9. The van der Waals surface area contributed by atoms with Crippen LogP contribution in [0, 0.1) is 4.77 Å². The fraction of sp³-hybridized carbons (Fsp3) is 0.286. The van der Waals surface area contributed by atoms with E-state index in [-0.39, 0.29) is 23.4 Å². The standard InChI is InChI=1S/C7H9N3O3S/c11-5(12)3-8-1-4-2-9-7(14)10-6(4)13/h2,8H,1,3H2,(H,11,12)(H2,9,10,13,14). The molecule has 4 N–H and O–H groups in total. The van der Waals surface area contributed by atoms with Gasteiger partial charge in [0.25, 0.3) is 5.56 Å². The third-order valence-electron chi connectivity index (χ3n) is 1.49. The summed E-state index contributed by atoms with van der Waals surface area (Å²) in [7, 11) is 0. The smallest absolute Gasteiger partial charge is 0.317 e. The lowest BCUT2D eigenvalue weighted by Gasteiger charge is -1.99. The van der Waals surface area contributed by atoms with Crippen LogP contribution in [0.4, 0.5) is 0 Å². The molecule has 0 atom stereocenters. The molecule has 14 heavy (non-hydrogen) atoms. The summed E-state index contributed by atoms with van der Waals surface area (Å²) in [6, 6.07) is 0. The molecular weight excluding hydrogens is 206 g/mol. The molecule has 0 saturated carbocycles. The minimum absolute atomic E-state index is 0.185. The maximum atomic E-state index is 11.2. The average Bonchev–Trinajstić information content (AvgIpc) is 2.08. The van der Waals surface area contributed by atoms with Gasteiger partial charge in [-0.2, -0.15) is 0 Å². The zero-order valence-corrected chi connectivity index (χ0v) is 7.98. The number of hydrogen-bond donors (Lipinski definition) is 4. The van der Waals surface area contributed by atoms with Crippen molar-refractivity contribution in [2.75, 3.05) is 6.54 Å². The maximum Gasteiger partial charge on any atom is 0.317 e. The molecule has 0 radical (unpaired) electrons. The molecule has 0 aromatic carbocycles. The fourth-order valence-corrected chi connectivity index (χ4v) is 1.02. The van der Waals surface area contributed by atoms with Crippen molar-refractivity contribution in [1.29, 1.82) is 0 Å². The molecule has 0 aliphatic heterocycles. The first kappa shape index (κ1) is 10.6. The topological polar surface area (TPSA) is 98.0 Å². The van der Waals surface area contributed by atoms with Crippen LogP contribution in [0.1, 0.15) is 5.56 Å². The third-order valence-corrected chi connectivity index (χ3v) is 1.71. The van der Waals surface area contributed by atoms with Crippen LogP contribution in [0.3, 0.4) is 0 Å². The minimum Gasteiger partial charge on any atom is -0.480 e.